The number of rotatable bonds is 5. The molecule has 0 spiro atoms. The van der Waals surface area contributed by atoms with Gasteiger partial charge in [-0.3, -0.25) is 9.59 Å². The Bertz CT molecular complexity index is 497. The van der Waals surface area contributed by atoms with Gasteiger partial charge in [0.25, 0.3) is 5.91 Å². The molecule has 6 heteroatoms. The lowest BCUT2D eigenvalue weighted by atomic mass is 10.1. The van der Waals surface area contributed by atoms with Crippen molar-refractivity contribution in [2.24, 2.45) is 0 Å². The molecule has 1 atom stereocenters. The third-order valence-electron chi connectivity index (χ3n) is 2.32. The van der Waals surface area contributed by atoms with Gasteiger partial charge < -0.3 is 10.1 Å². The van der Waals surface area contributed by atoms with Crippen molar-refractivity contribution >= 4 is 35.2 Å². The number of hydrogen-bond donors (Lipinski definition) is 1. The van der Waals surface area contributed by atoms with Crippen molar-refractivity contribution < 1.29 is 14.3 Å². The lowest BCUT2D eigenvalue weighted by Gasteiger charge is -2.20. The molecule has 0 aromatic heterocycles. The van der Waals surface area contributed by atoms with Crippen LogP contribution in [0, 0.1) is 0 Å². The molecule has 1 aromatic rings. The van der Waals surface area contributed by atoms with Crippen LogP contribution < -0.4 is 5.32 Å². The van der Waals surface area contributed by atoms with Crippen molar-refractivity contribution in [2.45, 2.75) is 43.4 Å². The van der Waals surface area contributed by atoms with Crippen LogP contribution in [0.25, 0.3) is 0 Å². The molecule has 21 heavy (non-hydrogen) atoms. The van der Waals surface area contributed by atoms with E-state index in [1.807, 2.05) is 32.9 Å². The molecule has 0 aliphatic carbocycles. The molecule has 4 nitrogen and oxygen atoms in total. The minimum absolute atomic E-state index is 0.262. The van der Waals surface area contributed by atoms with Gasteiger partial charge in [-0.2, -0.15) is 0 Å². The number of amides is 1. The van der Waals surface area contributed by atoms with Gasteiger partial charge in [-0.15, -0.1) is 11.8 Å². The van der Waals surface area contributed by atoms with Crippen LogP contribution in [0.5, 0.6) is 0 Å². The molecular weight excluding hydrogens is 310 g/mol. The fourth-order valence-corrected chi connectivity index (χ4v) is 2.47. The summed E-state index contributed by atoms with van der Waals surface area (Å²) in [6, 6.07) is 7.20. The summed E-state index contributed by atoms with van der Waals surface area (Å²) in [6.07, 6.45) is 0. The van der Waals surface area contributed by atoms with Gasteiger partial charge in [-0.25, -0.2) is 0 Å². The average molecular weight is 330 g/mol. The number of carbonyl (C=O) groups is 2. The zero-order valence-corrected chi connectivity index (χ0v) is 14.2. The molecule has 0 heterocycles. The van der Waals surface area contributed by atoms with Crippen LogP contribution in [0.4, 0.5) is 0 Å². The molecule has 116 valence electrons. The van der Waals surface area contributed by atoms with E-state index in [1.165, 1.54) is 11.8 Å². The van der Waals surface area contributed by atoms with Gasteiger partial charge in [0, 0.05) is 15.5 Å². The minimum Gasteiger partial charge on any atom is -0.455 e. The van der Waals surface area contributed by atoms with Crippen molar-refractivity contribution in [3.8, 4) is 0 Å². The normalized spacial score (nSPS) is 12.6. The van der Waals surface area contributed by atoms with Gasteiger partial charge in [0.2, 0.25) is 0 Å². The highest BCUT2D eigenvalue weighted by Gasteiger charge is 2.19. The lowest BCUT2D eigenvalue weighted by Crippen LogP contribution is -2.43. The molecule has 0 bridgehead atoms. The Kier molecular flexibility index (Phi) is 6.55. The molecule has 0 aliphatic rings. The van der Waals surface area contributed by atoms with Crippen molar-refractivity contribution in [1.82, 2.24) is 5.32 Å². The lowest BCUT2D eigenvalue weighted by molar-refractivity contribution is -0.148. The second-order valence-corrected chi connectivity index (χ2v) is 7.47. The summed E-state index contributed by atoms with van der Waals surface area (Å²) in [5.41, 5.74) is -0.340. The first-order valence-corrected chi connectivity index (χ1v) is 7.83. The van der Waals surface area contributed by atoms with Crippen LogP contribution in [-0.4, -0.2) is 29.3 Å². The Morgan fingerprint density at radius 2 is 1.86 bits per heavy atom. The molecule has 0 fully saturated rings. The predicted molar refractivity (Wildman–Crippen MR) is 85.6 cm³/mol. The summed E-state index contributed by atoms with van der Waals surface area (Å²) in [6.45, 7) is 7.08. The largest absolute Gasteiger partial charge is 0.455 e. The summed E-state index contributed by atoms with van der Waals surface area (Å²) < 4.78 is 5.01. The summed E-state index contributed by atoms with van der Waals surface area (Å²) in [4.78, 5) is 24.3. The third-order valence-corrected chi connectivity index (χ3v) is 3.66. The van der Waals surface area contributed by atoms with Crippen molar-refractivity contribution in [3.05, 3.63) is 29.3 Å². The maximum absolute atomic E-state index is 11.8. The Balaban J connectivity index is 2.41. The summed E-state index contributed by atoms with van der Waals surface area (Å²) in [5.74, 6) is -0.724. The zero-order chi connectivity index (χ0) is 16.0. The first-order chi connectivity index (χ1) is 9.67. The van der Waals surface area contributed by atoms with E-state index >= 15 is 0 Å². The van der Waals surface area contributed by atoms with Gasteiger partial charge in [0.1, 0.15) is 5.25 Å². The molecule has 0 unspecified atom stereocenters. The first kappa shape index (κ1) is 17.9. The monoisotopic (exact) mass is 329 g/mol. The topological polar surface area (TPSA) is 55.4 Å². The van der Waals surface area contributed by atoms with Gasteiger partial charge in [0.15, 0.2) is 6.61 Å². The van der Waals surface area contributed by atoms with E-state index in [1.54, 1.807) is 19.1 Å². The Labute approximate surface area is 134 Å². The number of hydrogen-bond acceptors (Lipinski definition) is 4. The maximum atomic E-state index is 11.8. The van der Waals surface area contributed by atoms with Crippen LogP contribution in [-0.2, 0) is 14.3 Å². The molecule has 0 aliphatic heterocycles. The Morgan fingerprint density at radius 1 is 1.29 bits per heavy atom. The number of esters is 1. The number of thioether (sulfide) groups is 1. The van der Waals surface area contributed by atoms with E-state index in [4.69, 9.17) is 16.3 Å². The van der Waals surface area contributed by atoms with Gasteiger partial charge in [-0.05, 0) is 52.0 Å². The number of carbonyl (C=O) groups excluding carboxylic acids is 2. The molecule has 0 saturated carbocycles. The van der Waals surface area contributed by atoms with Crippen LogP contribution in [0.2, 0.25) is 5.02 Å². The van der Waals surface area contributed by atoms with Crippen molar-refractivity contribution in [2.75, 3.05) is 6.61 Å². The Hall–Kier alpha value is -1.20. The molecule has 1 N–H and O–H groups in total. The standard InChI is InChI=1S/C15H20ClNO3S/c1-10(21-12-7-5-11(16)6-8-12)14(19)20-9-13(18)17-15(2,3)4/h5-8,10H,9H2,1-4H3,(H,17,18)/t10-/m1/s1. The average Bonchev–Trinajstić information content (AvgIpc) is 2.36. The van der Waals surface area contributed by atoms with Crippen LogP contribution in [0.1, 0.15) is 27.7 Å². The van der Waals surface area contributed by atoms with Gasteiger partial charge in [0.05, 0.1) is 0 Å². The fraction of sp³-hybridized carbons (Fsp3) is 0.467. The molecule has 0 saturated heterocycles. The van der Waals surface area contributed by atoms with Crippen LogP contribution in [0.3, 0.4) is 0 Å². The van der Waals surface area contributed by atoms with Gasteiger partial charge in [-0.1, -0.05) is 11.6 Å². The van der Waals surface area contributed by atoms with E-state index < -0.39 is 11.2 Å². The van der Waals surface area contributed by atoms with Crippen LogP contribution >= 0.6 is 23.4 Å². The van der Waals surface area contributed by atoms with Crippen molar-refractivity contribution in [1.29, 1.82) is 0 Å². The summed E-state index contributed by atoms with van der Waals surface area (Å²) in [7, 11) is 0. The van der Waals surface area contributed by atoms with E-state index in [9.17, 15) is 9.59 Å². The van der Waals surface area contributed by atoms with E-state index in [0.717, 1.165) is 4.90 Å². The summed E-state index contributed by atoms with van der Waals surface area (Å²) in [5, 5.41) is 2.98. The summed E-state index contributed by atoms with van der Waals surface area (Å²) >= 11 is 7.16. The highest BCUT2D eigenvalue weighted by molar-refractivity contribution is 8.00. The minimum atomic E-state index is -0.418. The molecule has 0 radical (unpaired) electrons. The third kappa shape index (κ3) is 7.39. The SMILES string of the molecule is C[C@@H](Sc1ccc(Cl)cc1)C(=O)OCC(=O)NC(C)(C)C. The zero-order valence-electron chi connectivity index (χ0n) is 12.6. The van der Waals surface area contributed by atoms with E-state index in [-0.39, 0.29) is 18.1 Å². The number of nitrogens with one attached hydrogen (secondary N) is 1. The second-order valence-electron chi connectivity index (χ2n) is 5.62. The highest BCUT2D eigenvalue weighted by atomic mass is 35.5. The Morgan fingerprint density at radius 3 is 2.38 bits per heavy atom. The number of benzene rings is 1. The van der Waals surface area contributed by atoms with E-state index in [0.29, 0.717) is 5.02 Å². The molecule has 1 amide bonds. The van der Waals surface area contributed by atoms with Crippen LogP contribution in [0.15, 0.2) is 29.2 Å². The highest BCUT2D eigenvalue weighted by Crippen LogP contribution is 2.25. The number of halogens is 1. The van der Waals surface area contributed by atoms with Crippen molar-refractivity contribution in [3.63, 3.8) is 0 Å². The van der Waals surface area contributed by atoms with E-state index in [2.05, 4.69) is 5.32 Å². The van der Waals surface area contributed by atoms with Gasteiger partial charge >= 0.3 is 5.97 Å². The molecular formula is C15H20ClNO3S. The quantitative estimate of drug-likeness (QED) is 0.665. The smallest absolute Gasteiger partial charge is 0.319 e. The first-order valence-electron chi connectivity index (χ1n) is 6.57. The number of ether oxygens (including phenoxy) is 1. The molecule has 1 aromatic carbocycles. The predicted octanol–water partition coefficient (Wildman–Crippen LogP) is 3.28. The fourth-order valence-electron chi connectivity index (χ4n) is 1.47. The maximum Gasteiger partial charge on any atom is 0.319 e. The second kappa shape index (κ2) is 7.71. The molecule has 1 rings (SSSR count).